The number of nitrogens with one attached hydrogen (secondary N) is 2. The topological polar surface area (TPSA) is 64.1 Å². The highest BCUT2D eigenvalue weighted by Gasteiger charge is 2.13. The van der Waals surface area contributed by atoms with Gasteiger partial charge in [-0.15, -0.1) is 24.0 Å². The van der Waals surface area contributed by atoms with E-state index in [2.05, 4.69) is 39.9 Å². The van der Waals surface area contributed by atoms with Crippen LogP contribution in [0.4, 0.5) is 0 Å². The monoisotopic (exact) mass is 483 g/mol. The normalized spacial score (nSPS) is 12.3. The van der Waals surface area contributed by atoms with Crippen LogP contribution in [0.15, 0.2) is 53.5 Å². The minimum Gasteiger partial charge on any atom is -0.492 e. The standard InChI is InChI=1S/C20H25N3O3.HI/c1-21-20(22-11-5-8-16-6-3-2-4-7-16)23-12-13-24-17-9-10-18-19(14-17)26-15-25-18;/h2-4,6-7,9-10,14H,5,8,11-13,15H2,1H3,(H2,21,22,23);1H. The average Bonchev–Trinajstić information content (AvgIpc) is 3.15. The van der Waals surface area contributed by atoms with E-state index < -0.39 is 0 Å². The molecule has 0 atom stereocenters. The lowest BCUT2D eigenvalue weighted by Gasteiger charge is -2.12. The molecule has 27 heavy (non-hydrogen) atoms. The number of fused-ring (bicyclic) bond motifs is 1. The zero-order chi connectivity index (χ0) is 18.0. The SMILES string of the molecule is CN=C(NCCCc1ccccc1)NCCOc1ccc2c(c1)OCO2.I. The summed E-state index contributed by atoms with van der Waals surface area (Å²) in [6, 6.07) is 16.1. The summed E-state index contributed by atoms with van der Waals surface area (Å²) in [5.74, 6) is 3.04. The molecule has 2 aromatic rings. The Morgan fingerprint density at radius 1 is 1.04 bits per heavy atom. The minimum atomic E-state index is 0. The number of hydrogen-bond acceptors (Lipinski definition) is 4. The van der Waals surface area contributed by atoms with Crippen molar-refractivity contribution >= 4 is 29.9 Å². The number of guanidine groups is 1. The Hall–Kier alpha value is -2.16. The van der Waals surface area contributed by atoms with E-state index in [1.54, 1.807) is 7.05 Å². The zero-order valence-electron chi connectivity index (χ0n) is 15.4. The highest BCUT2D eigenvalue weighted by atomic mass is 127. The van der Waals surface area contributed by atoms with E-state index in [0.717, 1.165) is 42.6 Å². The predicted octanol–water partition coefficient (Wildman–Crippen LogP) is 3.21. The highest BCUT2D eigenvalue weighted by Crippen LogP contribution is 2.34. The summed E-state index contributed by atoms with van der Waals surface area (Å²) in [5, 5.41) is 6.57. The first-order valence-corrected chi connectivity index (χ1v) is 8.86. The second kappa shape index (κ2) is 11.5. The number of aliphatic imine (C=N–C) groups is 1. The van der Waals surface area contributed by atoms with E-state index in [9.17, 15) is 0 Å². The molecule has 1 heterocycles. The molecule has 6 nitrogen and oxygen atoms in total. The third-order valence-electron chi connectivity index (χ3n) is 4.01. The first-order valence-electron chi connectivity index (χ1n) is 8.86. The van der Waals surface area contributed by atoms with Crippen LogP contribution in [0.3, 0.4) is 0 Å². The van der Waals surface area contributed by atoms with Crippen molar-refractivity contribution in [3.63, 3.8) is 0 Å². The van der Waals surface area contributed by atoms with Gasteiger partial charge in [0.2, 0.25) is 6.79 Å². The van der Waals surface area contributed by atoms with Crippen molar-refractivity contribution in [1.82, 2.24) is 10.6 Å². The fourth-order valence-corrected chi connectivity index (χ4v) is 2.67. The predicted molar refractivity (Wildman–Crippen MR) is 118 cm³/mol. The number of benzene rings is 2. The van der Waals surface area contributed by atoms with Gasteiger partial charge in [-0.25, -0.2) is 0 Å². The molecule has 0 spiro atoms. The Morgan fingerprint density at radius 3 is 2.63 bits per heavy atom. The number of hydrogen-bond donors (Lipinski definition) is 2. The van der Waals surface area contributed by atoms with Crippen LogP contribution in [0.1, 0.15) is 12.0 Å². The Kier molecular flexibility index (Phi) is 9.03. The van der Waals surface area contributed by atoms with Crippen LogP contribution in [0.2, 0.25) is 0 Å². The second-order valence-corrected chi connectivity index (χ2v) is 5.88. The minimum absolute atomic E-state index is 0. The average molecular weight is 483 g/mol. The number of nitrogens with zero attached hydrogens (tertiary/aromatic N) is 1. The van der Waals surface area contributed by atoms with Crippen molar-refractivity contribution in [2.45, 2.75) is 12.8 Å². The molecule has 0 aromatic heterocycles. The van der Waals surface area contributed by atoms with Gasteiger partial charge < -0.3 is 24.8 Å². The molecule has 7 heteroatoms. The molecule has 1 aliphatic heterocycles. The van der Waals surface area contributed by atoms with E-state index in [0.29, 0.717) is 13.2 Å². The number of ether oxygens (including phenoxy) is 3. The van der Waals surface area contributed by atoms with Crippen molar-refractivity contribution < 1.29 is 14.2 Å². The summed E-state index contributed by atoms with van der Waals surface area (Å²) >= 11 is 0. The fourth-order valence-electron chi connectivity index (χ4n) is 2.67. The van der Waals surface area contributed by atoms with E-state index in [1.165, 1.54) is 5.56 Å². The highest BCUT2D eigenvalue weighted by molar-refractivity contribution is 14.0. The second-order valence-electron chi connectivity index (χ2n) is 5.88. The van der Waals surface area contributed by atoms with Crippen molar-refractivity contribution in [3.05, 3.63) is 54.1 Å². The van der Waals surface area contributed by atoms with Crippen molar-refractivity contribution in [2.24, 2.45) is 4.99 Å². The molecule has 2 N–H and O–H groups in total. The van der Waals surface area contributed by atoms with Gasteiger partial charge in [0.15, 0.2) is 17.5 Å². The first kappa shape index (κ1) is 21.1. The van der Waals surface area contributed by atoms with Gasteiger partial charge in [-0.05, 0) is 30.5 Å². The van der Waals surface area contributed by atoms with E-state index in [1.807, 2.05) is 24.3 Å². The maximum Gasteiger partial charge on any atom is 0.231 e. The van der Waals surface area contributed by atoms with Crippen LogP contribution in [0, 0.1) is 0 Å². The van der Waals surface area contributed by atoms with Crippen LogP contribution >= 0.6 is 24.0 Å². The largest absolute Gasteiger partial charge is 0.492 e. The third-order valence-corrected chi connectivity index (χ3v) is 4.01. The van der Waals surface area contributed by atoms with Gasteiger partial charge in [-0.3, -0.25) is 4.99 Å². The van der Waals surface area contributed by atoms with Crippen LogP contribution in [0.5, 0.6) is 17.2 Å². The Balaban J connectivity index is 0.00000261. The van der Waals surface area contributed by atoms with Crippen LogP contribution in [-0.4, -0.2) is 39.5 Å². The summed E-state index contributed by atoms with van der Waals surface area (Å²) in [4.78, 5) is 4.23. The van der Waals surface area contributed by atoms with Crippen molar-refractivity contribution in [3.8, 4) is 17.2 Å². The maximum absolute atomic E-state index is 5.73. The van der Waals surface area contributed by atoms with E-state index >= 15 is 0 Å². The lowest BCUT2D eigenvalue weighted by Crippen LogP contribution is -2.39. The molecule has 0 fully saturated rings. The third kappa shape index (κ3) is 6.82. The molecule has 0 saturated carbocycles. The van der Waals surface area contributed by atoms with Gasteiger partial charge >= 0.3 is 0 Å². The Bertz CT molecular complexity index is 726. The van der Waals surface area contributed by atoms with Gasteiger partial charge in [0, 0.05) is 19.7 Å². The smallest absolute Gasteiger partial charge is 0.231 e. The summed E-state index contributed by atoms with van der Waals surface area (Å²) in [6.07, 6.45) is 2.11. The lowest BCUT2D eigenvalue weighted by molar-refractivity contribution is 0.173. The van der Waals surface area contributed by atoms with Gasteiger partial charge in [0.05, 0.1) is 6.54 Å². The summed E-state index contributed by atoms with van der Waals surface area (Å²) in [5.41, 5.74) is 1.36. The molecular formula is C20H26IN3O3. The number of halogens is 1. The lowest BCUT2D eigenvalue weighted by atomic mass is 10.1. The summed E-state index contributed by atoms with van der Waals surface area (Å²) in [7, 11) is 1.77. The molecule has 3 rings (SSSR count). The van der Waals surface area contributed by atoms with Gasteiger partial charge in [0.1, 0.15) is 12.4 Å². The zero-order valence-corrected chi connectivity index (χ0v) is 17.8. The Labute approximate surface area is 177 Å². The maximum atomic E-state index is 5.73. The first-order chi connectivity index (χ1) is 12.8. The molecule has 0 saturated heterocycles. The van der Waals surface area contributed by atoms with Crippen LogP contribution in [-0.2, 0) is 6.42 Å². The Morgan fingerprint density at radius 2 is 1.81 bits per heavy atom. The van der Waals surface area contributed by atoms with E-state index in [-0.39, 0.29) is 30.8 Å². The molecule has 0 unspecified atom stereocenters. The molecule has 2 aromatic carbocycles. The quantitative estimate of drug-likeness (QED) is 0.261. The van der Waals surface area contributed by atoms with E-state index in [4.69, 9.17) is 14.2 Å². The molecule has 0 amide bonds. The van der Waals surface area contributed by atoms with Gasteiger partial charge in [-0.1, -0.05) is 30.3 Å². The van der Waals surface area contributed by atoms with Crippen molar-refractivity contribution in [2.75, 3.05) is 33.5 Å². The fraction of sp³-hybridized carbons (Fsp3) is 0.350. The molecule has 0 radical (unpaired) electrons. The van der Waals surface area contributed by atoms with Crippen molar-refractivity contribution in [1.29, 1.82) is 0 Å². The van der Waals surface area contributed by atoms with Gasteiger partial charge in [-0.2, -0.15) is 0 Å². The number of aryl methyl sites for hydroxylation is 1. The summed E-state index contributed by atoms with van der Waals surface area (Å²) < 4.78 is 16.4. The molecule has 0 bridgehead atoms. The number of rotatable bonds is 8. The van der Waals surface area contributed by atoms with Crippen LogP contribution in [0.25, 0.3) is 0 Å². The molecule has 146 valence electrons. The molecule has 1 aliphatic rings. The van der Waals surface area contributed by atoms with Crippen LogP contribution < -0.4 is 24.8 Å². The van der Waals surface area contributed by atoms with Gasteiger partial charge in [0.25, 0.3) is 0 Å². The molecular weight excluding hydrogens is 457 g/mol. The summed E-state index contributed by atoms with van der Waals surface area (Å²) in [6.45, 7) is 2.33. The molecule has 0 aliphatic carbocycles.